The Morgan fingerprint density at radius 3 is 2.45 bits per heavy atom. The largest absolute Gasteiger partial charge is 0.338 e. The van der Waals surface area contributed by atoms with Crippen LogP contribution in [0.5, 0.6) is 0 Å². The van der Waals surface area contributed by atoms with Crippen LogP contribution in [-0.2, 0) is 21.4 Å². The summed E-state index contributed by atoms with van der Waals surface area (Å²) in [7, 11) is -3.78. The fraction of sp³-hybridized carbons (Fsp3) is 0.208. The lowest BCUT2D eigenvalue weighted by atomic mass is 10.1. The number of carbonyl (C=O) groups is 2. The van der Waals surface area contributed by atoms with Gasteiger partial charge in [0.1, 0.15) is 0 Å². The molecule has 9 heteroatoms. The summed E-state index contributed by atoms with van der Waals surface area (Å²) in [6.45, 7) is 1.26. The first-order valence-corrected chi connectivity index (χ1v) is 12.1. The van der Waals surface area contributed by atoms with Crippen LogP contribution in [-0.4, -0.2) is 36.7 Å². The van der Waals surface area contributed by atoms with Gasteiger partial charge in [-0.3, -0.25) is 19.3 Å². The van der Waals surface area contributed by atoms with E-state index >= 15 is 0 Å². The van der Waals surface area contributed by atoms with E-state index in [1.807, 2.05) is 23.1 Å². The van der Waals surface area contributed by atoms with Gasteiger partial charge in [-0.25, -0.2) is 8.42 Å². The van der Waals surface area contributed by atoms with E-state index in [4.69, 9.17) is 0 Å². The van der Waals surface area contributed by atoms with Crippen molar-refractivity contribution in [2.24, 2.45) is 0 Å². The second-order valence-corrected chi connectivity index (χ2v) is 9.48. The molecule has 0 unspecified atom stereocenters. The lowest BCUT2D eigenvalue weighted by molar-refractivity contribution is -0.133. The van der Waals surface area contributed by atoms with Gasteiger partial charge in [-0.15, -0.1) is 0 Å². The maximum Gasteiger partial charge on any atom is 0.261 e. The van der Waals surface area contributed by atoms with E-state index in [0.717, 1.165) is 24.9 Å². The SMILES string of the molecule is O=C(Nc1cccc(CN2CCCCC2=O)c1)c1ccc(S(=O)(=O)Nc2ccncc2)cc1. The number of hydrogen-bond donors (Lipinski definition) is 2. The van der Waals surface area contributed by atoms with Gasteiger partial charge in [0.2, 0.25) is 5.91 Å². The number of anilines is 2. The zero-order valence-corrected chi connectivity index (χ0v) is 18.7. The summed E-state index contributed by atoms with van der Waals surface area (Å²) in [6, 6.07) is 16.2. The van der Waals surface area contributed by atoms with Crippen molar-refractivity contribution < 1.29 is 18.0 Å². The molecule has 2 N–H and O–H groups in total. The van der Waals surface area contributed by atoms with Gasteiger partial charge in [0.05, 0.1) is 10.6 Å². The van der Waals surface area contributed by atoms with Gasteiger partial charge in [-0.1, -0.05) is 12.1 Å². The molecule has 3 aromatic rings. The van der Waals surface area contributed by atoms with Gasteiger partial charge < -0.3 is 10.2 Å². The predicted octanol–water partition coefficient (Wildman–Crippen LogP) is 3.65. The van der Waals surface area contributed by atoms with Crippen LogP contribution in [0.25, 0.3) is 0 Å². The first-order valence-electron chi connectivity index (χ1n) is 10.6. The minimum Gasteiger partial charge on any atom is -0.338 e. The summed E-state index contributed by atoms with van der Waals surface area (Å²) < 4.78 is 27.5. The van der Waals surface area contributed by atoms with Crippen LogP contribution in [0, 0.1) is 0 Å². The van der Waals surface area contributed by atoms with Gasteiger partial charge in [0.15, 0.2) is 0 Å². The molecule has 2 amide bonds. The van der Waals surface area contributed by atoms with E-state index in [2.05, 4.69) is 15.0 Å². The Hall–Kier alpha value is -3.72. The van der Waals surface area contributed by atoms with Crippen molar-refractivity contribution in [3.63, 3.8) is 0 Å². The Kier molecular flexibility index (Phi) is 6.69. The molecule has 0 radical (unpaired) electrons. The van der Waals surface area contributed by atoms with E-state index in [0.29, 0.717) is 29.9 Å². The molecule has 0 spiro atoms. The van der Waals surface area contributed by atoms with Gasteiger partial charge in [0, 0.05) is 43.2 Å². The molecule has 170 valence electrons. The first-order chi connectivity index (χ1) is 15.9. The number of piperidine rings is 1. The molecule has 0 saturated carbocycles. The average Bonchev–Trinajstić information content (AvgIpc) is 2.81. The zero-order valence-electron chi connectivity index (χ0n) is 17.9. The summed E-state index contributed by atoms with van der Waals surface area (Å²) >= 11 is 0. The molecule has 1 aromatic heterocycles. The summed E-state index contributed by atoms with van der Waals surface area (Å²) in [5, 5.41) is 2.83. The molecule has 0 atom stereocenters. The third kappa shape index (κ3) is 5.75. The van der Waals surface area contributed by atoms with E-state index in [9.17, 15) is 18.0 Å². The molecule has 2 heterocycles. The van der Waals surface area contributed by atoms with Crippen LogP contribution in [0.2, 0.25) is 0 Å². The highest BCUT2D eigenvalue weighted by Crippen LogP contribution is 2.19. The monoisotopic (exact) mass is 464 g/mol. The third-order valence-electron chi connectivity index (χ3n) is 5.34. The first kappa shape index (κ1) is 22.5. The maximum atomic E-state index is 12.7. The highest BCUT2D eigenvalue weighted by atomic mass is 32.2. The number of likely N-dealkylation sites (tertiary alicyclic amines) is 1. The summed E-state index contributed by atoms with van der Waals surface area (Å²) in [5.74, 6) is -0.198. The minimum atomic E-state index is -3.78. The molecule has 1 aliphatic heterocycles. The number of pyridine rings is 1. The number of sulfonamides is 1. The van der Waals surface area contributed by atoms with Crippen LogP contribution >= 0.6 is 0 Å². The number of rotatable bonds is 7. The van der Waals surface area contributed by atoms with Crippen molar-refractivity contribution >= 4 is 33.2 Å². The highest BCUT2D eigenvalue weighted by molar-refractivity contribution is 7.92. The number of amides is 2. The van der Waals surface area contributed by atoms with Crippen molar-refractivity contribution in [3.05, 3.63) is 84.2 Å². The number of nitrogens with zero attached hydrogens (tertiary/aromatic N) is 2. The Bertz CT molecular complexity index is 1240. The van der Waals surface area contributed by atoms with Crippen molar-refractivity contribution in [2.75, 3.05) is 16.6 Å². The minimum absolute atomic E-state index is 0.0454. The lowest BCUT2D eigenvalue weighted by Crippen LogP contribution is -2.34. The molecule has 33 heavy (non-hydrogen) atoms. The van der Waals surface area contributed by atoms with Crippen molar-refractivity contribution in [3.8, 4) is 0 Å². The second-order valence-electron chi connectivity index (χ2n) is 7.79. The normalized spacial score (nSPS) is 14.1. The molecule has 4 rings (SSSR count). The van der Waals surface area contributed by atoms with Crippen LogP contribution in [0.4, 0.5) is 11.4 Å². The third-order valence-corrected chi connectivity index (χ3v) is 6.74. The Balaban J connectivity index is 1.41. The van der Waals surface area contributed by atoms with Gasteiger partial charge in [0.25, 0.3) is 15.9 Å². The van der Waals surface area contributed by atoms with Crippen molar-refractivity contribution in [2.45, 2.75) is 30.7 Å². The second kappa shape index (κ2) is 9.83. The molecular weight excluding hydrogens is 440 g/mol. The van der Waals surface area contributed by atoms with Crippen LogP contribution in [0.3, 0.4) is 0 Å². The molecule has 0 bridgehead atoms. The number of carbonyl (C=O) groups excluding carboxylic acids is 2. The Labute approximate surface area is 192 Å². The molecule has 0 aliphatic carbocycles. The Morgan fingerprint density at radius 1 is 0.970 bits per heavy atom. The summed E-state index contributed by atoms with van der Waals surface area (Å²) in [4.78, 5) is 30.5. The number of hydrogen-bond acceptors (Lipinski definition) is 5. The topological polar surface area (TPSA) is 108 Å². The van der Waals surface area contributed by atoms with Gasteiger partial charge in [-0.2, -0.15) is 0 Å². The molecule has 1 saturated heterocycles. The average molecular weight is 465 g/mol. The zero-order chi connectivity index (χ0) is 23.3. The number of nitrogens with one attached hydrogen (secondary N) is 2. The smallest absolute Gasteiger partial charge is 0.261 e. The highest BCUT2D eigenvalue weighted by Gasteiger charge is 2.18. The molecular formula is C24H24N4O4S. The van der Waals surface area contributed by atoms with Gasteiger partial charge in [-0.05, 0) is 66.9 Å². The molecule has 8 nitrogen and oxygen atoms in total. The van der Waals surface area contributed by atoms with E-state index < -0.39 is 10.0 Å². The molecule has 1 aliphatic rings. The van der Waals surface area contributed by atoms with Gasteiger partial charge >= 0.3 is 0 Å². The summed E-state index contributed by atoms with van der Waals surface area (Å²) in [5.41, 5.74) is 2.28. The fourth-order valence-corrected chi connectivity index (χ4v) is 4.68. The maximum absolute atomic E-state index is 12.7. The van der Waals surface area contributed by atoms with Crippen molar-refractivity contribution in [1.82, 2.24) is 9.88 Å². The lowest BCUT2D eigenvalue weighted by Gasteiger charge is -2.26. The van der Waals surface area contributed by atoms with Crippen LogP contribution in [0.15, 0.2) is 78.0 Å². The van der Waals surface area contributed by atoms with E-state index in [-0.39, 0.29) is 16.7 Å². The van der Waals surface area contributed by atoms with Crippen LogP contribution < -0.4 is 10.0 Å². The standard InChI is InChI=1S/C24H24N4O4S/c29-23-6-1-2-15-28(23)17-18-4-3-5-21(16-18)26-24(30)19-7-9-22(10-8-19)33(31,32)27-20-11-13-25-14-12-20/h3-5,7-14,16H,1-2,6,15,17H2,(H,25,27)(H,26,30). The fourth-order valence-electron chi connectivity index (χ4n) is 3.62. The Morgan fingerprint density at radius 2 is 1.73 bits per heavy atom. The molecule has 1 fully saturated rings. The van der Waals surface area contributed by atoms with E-state index in [1.165, 1.54) is 36.7 Å². The number of benzene rings is 2. The quantitative estimate of drug-likeness (QED) is 0.555. The van der Waals surface area contributed by atoms with Crippen LogP contribution in [0.1, 0.15) is 35.2 Å². The summed E-state index contributed by atoms with van der Waals surface area (Å²) in [6.07, 6.45) is 5.51. The predicted molar refractivity (Wildman–Crippen MR) is 125 cm³/mol. The molecule has 2 aromatic carbocycles. The van der Waals surface area contributed by atoms with Crippen molar-refractivity contribution in [1.29, 1.82) is 0 Å². The van der Waals surface area contributed by atoms with E-state index in [1.54, 1.807) is 18.2 Å². The number of aromatic nitrogens is 1.